The molecule has 1 aromatic rings. The first-order valence-electron chi connectivity index (χ1n) is 8.81. The van der Waals surface area contributed by atoms with Crippen molar-refractivity contribution in [2.75, 3.05) is 39.8 Å². The summed E-state index contributed by atoms with van der Waals surface area (Å²) in [6.07, 6.45) is 3.13. The lowest BCUT2D eigenvalue weighted by Crippen LogP contribution is -2.43. The average molecular weight is 353 g/mol. The zero-order valence-electron chi connectivity index (χ0n) is 14.6. The fourth-order valence-corrected chi connectivity index (χ4v) is 5.24. The highest BCUT2D eigenvalue weighted by Gasteiger charge is 2.44. The van der Waals surface area contributed by atoms with E-state index in [1.807, 2.05) is 6.07 Å². The molecule has 0 aliphatic carbocycles. The Bertz CT molecular complexity index is 639. The Morgan fingerprint density at radius 2 is 1.92 bits per heavy atom. The molecule has 2 heterocycles. The molecule has 134 valence electrons. The molecular formula is C18H28N2O3S. The van der Waals surface area contributed by atoms with E-state index in [2.05, 4.69) is 18.9 Å². The molecule has 0 saturated carbocycles. The minimum absolute atomic E-state index is 0.169. The Labute approximate surface area is 145 Å². The van der Waals surface area contributed by atoms with Crippen LogP contribution in [-0.2, 0) is 14.8 Å². The molecule has 5 nitrogen and oxygen atoms in total. The van der Waals surface area contributed by atoms with Crippen LogP contribution in [0.3, 0.4) is 0 Å². The van der Waals surface area contributed by atoms with Crippen molar-refractivity contribution in [3.8, 4) is 0 Å². The zero-order valence-corrected chi connectivity index (χ0v) is 15.5. The van der Waals surface area contributed by atoms with E-state index in [0.717, 1.165) is 39.0 Å². The van der Waals surface area contributed by atoms with Crippen molar-refractivity contribution in [2.45, 2.75) is 37.2 Å². The summed E-state index contributed by atoms with van der Waals surface area (Å²) in [5, 5.41) is 0. The van der Waals surface area contributed by atoms with Gasteiger partial charge in [-0.05, 0) is 50.4 Å². The minimum atomic E-state index is -3.36. The van der Waals surface area contributed by atoms with E-state index in [0.29, 0.717) is 18.0 Å². The molecule has 24 heavy (non-hydrogen) atoms. The summed E-state index contributed by atoms with van der Waals surface area (Å²) in [4.78, 5) is 2.67. The molecule has 0 amide bonds. The maximum absolute atomic E-state index is 12.7. The van der Waals surface area contributed by atoms with Crippen LogP contribution in [0.15, 0.2) is 35.2 Å². The van der Waals surface area contributed by atoms with E-state index >= 15 is 0 Å². The summed E-state index contributed by atoms with van der Waals surface area (Å²) < 4.78 is 33.1. The van der Waals surface area contributed by atoms with E-state index in [-0.39, 0.29) is 11.5 Å². The predicted octanol–water partition coefficient (Wildman–Crippen LogP) is 2.20. The molecule has 2 fully saturated rings. The first-order chi connectivity index (χ1) is 11.5. The lowest BCUT2D eigenvalue weighted by molar-refractivity contribution is 0.0640. The number of benzene rings is 1. The number of hydrogen-bond donors (Lipinski definition) is 0. The van der Waals surface area contributed by atoms with Gasteiger partial charge in [-0.25, -0.2) is 8.42 Å². The van der Waals surface area contributed by atoms with Crippen molar-refractivity contribution in [3.05, 3.63) is 30.3 Å². The number of hydrogen-bond acceptors (Lipinski definition) is 4. The van der Waals surface area contributed by atoms with Crippen LogP contribution in [0.2, 0.25) is 0 Å². The van der Waals surface area contributed by atoms with Crippen LogP contribution in [0, 0.1) is 5.41 Å². The molecule has 0 aromatic heterocycles. The smallest absolute Gasteiger partial charge is 0.243 e. The van der Waals surface area contributed by atoms with Gasteiger partial charge in [0.1, 0.15) is 0 Å². The van der Waals surface area contributed by atoms with Gasteiger partial charge in [-0.3, -0.25) is 0 Å². The fourth-order valence-electron chi connectivity index (χ4n) is 3.78. The van der Waals surface area contributed by atoms with Crippen LogP contribution in [0.5, 0.6) is 0 Å². The number of piperidine rings is 1. The maximum atomic E-state index is 12.7. The summed E-state index contributed by atoms with van der Waals surface area (Å²) >= 11 is 0. The van der Waals surface area contributed by atoms with Crippen molar-refractivity contribution in [2.24, 2.45) is 5.41 Å². The summed E-state index contributed by atoms with van der Waals surface area (Å²) in [5.74, 6) is 0. The van der Waals surface area contributed by atoms with Gasteiger partial charge in [0.15, 0.2) is 0 Å². The van der Waals surface area contributed by atoms with Crippen molar-refractivity contribution in [1.29, 1.82) is 0 Å². The second-order valence-corrected chi connectivity index (χ2v) is 9.15. The van der Waals surface area contributed by atoms with Crippen LogP contribution in [0.25, 0.3) is 0 Å². The van der Waals surface area contributed by atoms with Crippen LogP contribution < -0.4 is 0 Å². The van der Waals surface area contributed by atoms with Crippen molar-refractivity contribution in [3.63, 3.8) is 0 Å². The molecule has 1 atom stereocenters. The van der Waals surface area contributed by atoms with E-state index in [9.17, 15) is 8.42 Å². The number of nitrogens with zero attached hydrogens (tertiary/aromatic N) is 2. The molecule has 0 bridgehead atoms. The van der Waals surface area contributed by atoms with E-state index in [1.54, 1.807) is 28.6 Å². The zero-order chi connectivity index (χ0) is 17.2. The highest BCUT2D eigenvalue weighted by molar-refractivity contribution is 7.89. The quantitative estimate of drug-likeness (QED) is 0.815. The largest absolute Gasteiger partial charge is 0.376 e. The lowest BCUT2D eigenvalue weighted by Gasteiger charge is -2.37. The fraction of sp³-hybridized carbons (Fsp3) is 0.667. The van der Waals surface area contributed by atoms with Crippen LogP contribution in [-0.4, -0.2) is 63.6 Å². The maximum Gasteiger partial charge on any atom is 0.243 e. The van der Waals surface area contributed by atoms with Crippen molar-refractivity contribution < 1.29 is 13.2 Å². The normalized spacial score (nSPS) is 24.7. The molecule has 2 saturated heterocycles. The standard InChI is InChI=1S/C18H28N2O3S/c1-3-19(2)14-16-13-18(15-23-16)9-11-20(12-10-18)24(21,22)17-7-5-4-6-8-17/h4-8,16H,3,9-15H2,1-2H3/t16-/m0/s1. The molecule has 2 aliphatic rings. The minimum Gasteiger partial charge on any atom is -0.376 e. The molecule has 0 unspecified atom stereocenters. The molecule has 6 heteroatoms. The summed E-state index contributed by atoms with van der Waals surface area (Å²) in [5.41, 5.74) is 0.169. The average Bonchev–Trinajstić information content (AvgIpc) is 2.98. The Morgan fingerprint density at radius 1 is 1.25 bits per heavy atom. The predicted molar refractivity (Wildman–Crippen MR) is 94.4 cm³/mol. The summed E-state index contributed by atoms with van der Waals surface area (Å²) in [6, 6.07) is 8.74. The van der Waals surface area contributed by atoms with E-state index in [1.165, 1.54) is 0 Å². The van der Waals surface area contributed by atoms with E-state index < -0.39 is 10.0 Å². The molecule has 1 spiro atoms. The van der Waals surface area contributed by atoms with Crippen LogP contribution >= 0.6 is 0 Å². The third kappa shape index (κ3) is 3.67. The van der Waals surface area contributed by atoms with Gasteiger partial charge in [0, 0.05) is 19.6 Å². The Kier molecular flexibility index (Phi) is 5.30. The topological polar surface area (TPSA) is 49.9 Å². The first-order valence-corrected chi connectivity index (χ1v) is 10.2. The van der Waals surface area contributed by atoms with Gasteiger partial charge >= 0.3 is 0 Å². The molecule has 0 radical (unpaired) electrons. The summed E-state index contributed by atoms with van der Waals surface area (Å²) in [7, 11) is -1.25. The lowest BCUT2D eigenvalue weighted by atomic mass is 9.77. The highest BCUT2D eigenvalue weighted by atomic mass is 32.2. The van der Waals surface area contributed by atoms with Gasteiger partial charge in [0.2, 0.25) is 10.0 Å². The number of ether oxygens (including phenoxy) is 1. The van der Waals surface area contributed by atoms with Crippen LogP contribution in [0.1, 0.15) is 26.2 Å². The van der Waals surface area contributed by atoms with Crippen molar-refractivity contribution >= 4 is 10.0 Å². The second-order valence-electron chi connectivity index (χ2n) is 7.21. The molecule has 3 rings (SSSR count). The molecular weight excluding hydrogens is 324 g/mol. The monoisotopic (exact) mass is 352 g/mol. The Morgan fingerprint density at radius 3 is 2.54 bits per heavy atom. The van der Waals surface area contributed by atoms with Gasteiger partial charge in [0.25, 0.3) is 0 Å². The summed E-state index contributed by atoms with van der Waals surface area (Å²) in [6.45, 7) is 6.10. The highest BCUT2D eigenvalue weighted by Crippen LogP contribution is 2.43. The SMILES string of the molecule is CCN(C)C[C@@H]1CC2(CCN(S(=O)(=O)c3ccccc3)CC2)CO1. The third-order valence-electron chi connectivity index (χ3n) is 5.51. The molecule has 1 aromatic carbocycles. The first kappa shape index (κ1) is 17.9. The van der Waals surface area contributed by atoms with Crippen molar-refractivity contribution in [1.82, 2.24) is 9.21 Å². The van der Waals surface area contributed by atoms with Gasteiger partial charge in [-0.15, -0.1) is 0 Å². The van der Waals surface area contributed by atoms with E-state index in [4.69, 9.17) is 4.74 Å². The third-order valence-corrected chi connectivity index (χ3v) is 7.42. The Balaban J connectivity index is 1.60. The van der Waals surface area contributed by atoms with Crippen LogP contribution in [0.4, 0.5) is 0 Å². The molecule has 2 aliphatic heterocycles. The molecule has 0 N–H and O–H groups in total. The van der Waals surface area contributed by atoms with Gasteiger partial charge in [-0.1, -0.05) is 25.1 Å². The Hall–Kier alpha value is -0.950. The van der Waals surface area contributed by atoms with Gasteiger partial charge < -0.3 is 9.64 Å². The second kappa shape index (κ2) is 7.12. The number of rotatable bonds is 5. The number of sulfonamides is 1. The number of likely N-dealkylation sites (N-methyl/N-ethyl adjacent to an activating group) is 1. The van der Waals surface area contributed by atoms with Gasteiger partial charge in [0.05, 0.1) is 17.6 Å². The van der Waals surface area contributed by atoms with Gasteiger partial charge in [-0.2, -0.15) is 4.31 Å².